The van der Waals surface area contributed by atoms with E-state index in [0.29, 0.717) is 5.57 Å². The highest BCUT2D eigenvalue weighted by Gasteiger charge is 2.41. The molecule has 0 aromatic heterocycles. The number of carboxylic acids is 3. The maximum absolute atomic E-state index is 12.4. The van der Waals surface area contributed by atoms with Crippen LogP contribution in [0.1, 0.15) is 43.4 Å². The van der Waals surface area contributed by atoms with E-state index in [1.165, 1.54) is 6.92 Å². The fourth-order valence-corrected chi connectivity index (χ4v) is 4.16. The van der Waals surface area contributed by atoms with Crippen LogP contribution in [-0.4, -0.2) is 55.9 Å². The predicted octanol–water partition coefficient (Wildman–Crippen LogP) is 3.81. The van der Waals surface area contributed by atoms with Gasteiger partial charge in [0, 0.05) is 12.5 Å². The van der Waals surface area contributed by atoms with Crippen LogP contribution in [0.15, 0.2) is 103 Å². The van der Waals surface area contributed by atoms with Crippen LogP contribution in [0.4, 0.5) is 0 Å². The molecule has 0 saturated heterocycles. The number of ether oxygens (including phenoxy) is 1. The molecule has 0 atom stereocenters. The lowest BCUT2D eigenvalue weighted by molar-refractivity contribution is -0.170. The molecule has 3 rings (SSSR count). The maximum Gasteiger partial charge on any atom is 0.341 e. The lowest BCUT2D eigenvalue weighted by Gasteiger charge is -2.33. The summed E-state index contributed by atoms with van der Waals surface area (Å²) in [6, 6.07) is 30.0. The van der Waals surface area contributed by atoms with Gasteiger partial charge in [-0.25, -0.2) is 9.59 Å². The molecule has 0 bridgehead atoms. The third kappa shape index (κ3) is 8.70. The summed E-state index contributed by atoms with van der Waals surface area (Å²) in [5.41, 5.74) is -0.0275. The quantitative estimate of drug-likeness (QED) is 0.123. The maximum atomic E-state index is 12.4. The molecule has 0 amide bonds. The van der Waals surface area contributed by atoms with Crippen LogP contribution < -0.4 is 0 Å². The average Bonchev–Trinajstić information content (AvgIpc) is 2.92. The van der Waals surface area contributed by atoms with Gasteiger partial charge in [0.15, 0.2) is 5.60 Å². The van der Waals surface area contributed by atoms with E-state index in [4.69, 9.17) is 25.2 Å². The van der Waals surface area contributed by atoms with Gasteiger partial charge in [0.2, 0.25) is 0 Å². The molecule has 0 heterocycles. The fourth-order valence-electron chi connectivity index (χ4n) is 4.16. The van der Waals surface area contributed by atoms with Gasteiger partial charge in [-0.1, -0.05) is 97.1 Å². The van der Waals surface area contributed by atoms with Crippen molar-refractivity contribution < 1.29 is 49.1 Å². The van der Waals surface area contributed by atoms with Crippen LogP contribution in [0.5, 0.6) is 0 Å². The monoisotopic (exact) mass is 562 g/mol. The highest BCUT2D eigenvalue weighted by atomic mass is 16.6. The highest BCUT2D eigenvalue weighted by molar-refractivity contribution is 5.95. The minimum Gasteiger partial charge on any atom is -0.481 e. The van der Waals surface area contributed by atoms with Crippen molar-refractivity contribution >= 4 is 29.8 Å². The number of aliphatic hydroxyl groups is 1. The second-order valence-corrected chi connectivity index (χ2v) is 9.09. The van der Waals surface area contributed by atoms with Gasteiger partial charge in [-0.15, -0.1) is 0 Å². The number of hydrogen-bond acceptors (Lipinski definition) is 7. The molecule has 4 N–H and O–H groups in total. The lowest BCUT2D eigenvalue weighted by atomic mass is 9.68. The van der Waals surface area contributed by atoms with Gasteiger partial charge in [-0.3, -0.25) is 14.4 Å². The third-order valence-corrected chi connectivity index (χ3v) is 5.96. The van der Waals surface area contributed by atoms with Crippen molar-refractivity contribution in [1.82, 2.24) is 0 Å². The van der Waals surface area contributed by atoms with Crippen LogP contribution >= 0.6 is 0 Å². The Balaban J connectivity index is 0.000000383. The van der Waals surface area contributed by atoms with Crippen LogP contribution in [0.3, 0.4) is 0 Å². The summed E-state index contributed by atoms with van der Waals surface area (Å²) in [5, 5.41) is 33.8. The highest BCUT2D eigenvalue weighted by Crippen LogP contribution is 2.41. The zero-order chi connectivity index (χ0) is 30.6. The van der Waals surface area contributed by atoms with Crippen molar-refractivity contribution in [3.8, 4) is 0 Å². The molecular weight excluding hydrogens is 532 g/mol. The zero-order valence-corrected chi connectivity index (χ0v) is 22.4. The van der Waals surface area contributed by atoms with E-state index in [1.807, 2.05) is 97.1 Å². The molecule has 10 nitrogen and oxygen atoms in total. The Morgan fingerprint density at radius 1 is 0.659 bits per heavy atom. The summed E-state index contributed by atoms with van der Waals surface area (Å²) in [4.78, 5) is 54.2. The summed E-state index contributed by atoms with van der Waals surface area (Å²) in [6.07, 6.45) is -0.401. The molecule has 214 valence electrons. The molecule has 3 aromatic rings. The van der Waals surface area contributed by atoms with Gasteiger partial charge < -0.3 is 25.2 Å². The number of esters is 2. The normalized spacial score (nSPS) is 11.4. The summed E-state index contributed by atoms with van der Waals surface area (Å²) in [6.45, 7) is 2.90. The Bertz CT molecular complexity index is 1280. The standard InChI is InChI=1S/C25H22O3.C6H8O7/c1-19(24(27)28-20(2)26)18-25(21-12-6-3-7-13-21,22-14-8-4-9-15-22)23-16-10-5-11-17-23;7-3(8)1-6(13,5(11)12)2-4(9)10/h3-18H,1-2H3;13H,1-2H2,(H,7,8)(H,9,10)(H,11,12). The molecule has 41 heavy (non-hydrogen) atoms. The first-order valence-electron chi connectivity index (χ1n) is 12.3. The molecule has 0 aliphatic carbocycles. The Hall–Kier alpha value is -5.09. The Labute approximate surface area is 236 Å². The van der Waals surface area contributed by atoms with E-state index >= 15 is 0 Å². The van der Waals surface area contributed by atoms with Gasteiger partial charge in [0.25, 0.3) is 0 Å². The Kier molecular flexibility index (Phi) is 11.2. The lowest BCUT2D eigenvalue weighted by Crippen LogP contribution is -2.42. The summed E-state index contributed by atoms with van der Waals surface area (Å²) in [5.74, 6) is -6.28. The van der Waals surface area contributed by atoms with E-state index in [2.05, 4.69) is 0 Å². The van der Waals surface area contributed by atoms with Crippen LogP contribution in [0, 0.1) is 0 Å². The van der Waals surface area contributed by atoms with E-state index in [1.54, 1.807) is 6.92 Å². The molecule has 0 spiro atoms. The first-order chi connectivity index (χ1) is 19.3. The number of hydrogen-bond donors (Lipinski definition) is 4. The minimum absolute atomic E-state index is 0.367. The van der Waals surface area contributed by atoms with E-state index in [0.717, 1.165) is 16.7 Å². The summed E-state index contributed by atoms with van der Waals surface area (Å²) < 4.78 is 4.82. The number of rotatable bonds is 10. The van der Waals surface area contributed by atoms with Crippen molar-refractivity contribution in [3.05, 3.63) is 119 Å². The Morgan fingerprint density at radius 2 is 1.00 bits per heavy atom. The molecular formula is C31H30O10. The fraction of sp³-hybridized carbons (Fsp3) is 0.194. The molecule has 0 aliphatic rings. The number of allylic oxidation sites excluding steroid dienone is 1. The van der Waals surface area contributed by atoms with Crippen LogP contribution in [-0.2, 0) is 34.1 Å². The second kappa shape index (κ2) is 14.3. The molecule has 0 aliphatic heterocycles. The predicted molar refractivity (Wildman–Crippen MR) is 147 cm³/mol. The molecule has 10 heteroatoms. The first-order valence-corrected chi connectivity index (χ1v) is 12.3. The van der Waals surface area contributed by atoms with Crippen LogP contribution in [0.25, 0.3) is 0 Å². The molecule has 0 radical (unpaired) electrons. The summed E-state index contributed by atoms with van der Waals surface area (Å²) in [7, 11) is 0. The Morgan fingerprint density at radius 3 is 1.27 bits per heavy atom. The SMILES string of the molecule is CC(=O)OC(=O)C(C)=CC(c1ccccc1)(c1ccccc1)c1ccccc1.O=C(O)CC(O)(CC(=O)O)C(=O)O. The first kappa shape index (κ1) is 32.1. The topological polar surface area (TPSA) is 175 Å². The van der Waals surface area contributed by atoms with Crippen molar-refractivity contribution in [2.24, 2.45) is 0 Å². The van der Waals surface area contributed by atoms with Gasteiger partial charge in [-0.2, -0.15) is 0 Å². The number of carbonyl (C=O) groups is 5. The molecule has 0 unspecified atom stereocenters. The summed E-state index contributed by atoms with van der Waals surface area (Å²) >= 11 is 0. The number of benzene rings is 3. The number of aliphatic carboxylic acids is 3. The van der Waals surface area contributed by atoms with Crippen LogP contribution in [0.2, 0.25) is 0 Å². The number of carboxylic acid groups (broad SMARTS) is 3. The zero-order valence-electron chi connectivity index (χ0n) is 22.4. The molecule has 3 aromatic carbocycles. The largest absolute Gasteiger partial charge is 0.481 e. The molecule has 0 saturated carbocycles. The van der Waals surface area contributed by atoms with Gasteiger partial charge in [0.1, 0.15) is 0 Å². The molecule has 0 fully saturated rings. The van der Waals surface area contributed by atoms with E-state index in [9.17, 15) is 24.0 Å². The average molecular weight is 563 g/mol. The number of carbonyl (C=O) groups excluding carboxylic acids is 2. The van der Waals surface area contributed by atoms with Gasteiger partial charge in [-0.05, 0) is 23.6 Å². The van der Waals surface area contributed by atoms with Crippen molar-refractivity contribution in [3.63, 3.8) is 0 Å². The van der Waals surface area contributed by atoms with Gasteiger partial charge >= 0.3 is 29.8 Å². The van der Waals surface area contributed by atoms with E-state index in [-0.39, 0.29) is 0 Å². The van der Waals surface area contributed by atoms with Crippen molar-refractivity contribution in [1.29, 1.82) is 0 Å². The smallest absolute Gasteiger partial charge is 0.341 e. The third-order valence-electron chi connectivity index (χ3n) is 5.96. The minimum atomic E-state index is -2.74. The second-order valence-electron chi connectivity index (χ2n) is 9.09. The van der Waals surface area contributed by atoms with Crippen molar-refractivity contribution in [2.45, 2.75) is 37.7 Å². The van der Waals surface area contributed by atoms with E-state index < -0.39 is 53.7 Å². The van der Waals surface area contributed by atoms with Crippen molar-refractivity contribution in [2.75, 3.05) is 0 Å². The van der Waals surface area contributed by atoms with Gasteiger partial charge in [0.05, 0.1) is 18.3 Å².